The molecular formula is C20H23N5O2. The molecule has 1 amide bonds. The van der Waals surface area contributed by atoms with Crippen LogP contribution in [0.3, 0.4) is 0 Å². The summed E-state index contributed by atoms with van der Waals surface area (Å²) in [5.41, 5.74) is 9.14. The first-order valence-electron chi connectivity index (χ1n) is 9.27. The second kappa shape index (κ2) is 7.36. The number of hydrogen-bond acceptors (Lipinski definition) is 5. The number of nitrogens with zero attached hydrogens (tertiary/aromatic N) is 2. The number of hydrogen-bond donors (Lipinski definition) is 3. The van der Waals surface area contributed by atoms with E-state index in [4.69, 9.17) is 10.5 Å². The number of anilines is 1. The second-order valence-corrected chi connectivity index (χ2v) is 6.81. The fourth-order valence-corrected chi connectivity index (χ4v) is 3.41. The molecule has 7 heteroatoms. The predicted octanol–water partition coefficient (Wildman–Crippen LogP) is 2.88. The van der Waals surface area contributed by atoms with Crippen LogP contribution in [0.4, 0.5) is 5.82 Å². The molecule has 0 saturated carbocycles. The number of aromatic amines is 1. The van der Waals surface area contributed by atoms with Crippen molar-refractivity contribution in [3.8, 4) is 11.4 Å². The van der Waals surface area contributed by atoms with Crippen molar-refractivity contribution in [3.05, 3.63) is 41.7 Å². The first-order chi connectivity index (χ1) is 13.1. The van der Waals surface area contributed by atoms with Gasteiger partial charge in [0.05, 0.1) is 11.9 Å². The number of carbonyl (C=O) groups excluding carboxylic acids is 1. The third kappa shape index (κ3) is 3.64. The lowest BCUT2D eigenvalue weighted by atomic mass is 10.1. The maximum Gasteiger partial charge on any atom is 0.269 e. The Hall–Kier alpha value is -2.93. The van der Waals surface area contributed by atoms with Crippen molar-refractivity contribution in [1.82, 2.24) is 15.0 Å². The number of amides is 1. The minimum absolute atomic E-state index is 0.162. The molecule has 0 radical (unpaired) electrons. The molecule has 4 N–H and O–H groups in total. The van der Waals surface area contributed by atoms with E-state index < -0.39 is 5.91 Å². The Kier molecular flexibility index (Phi) is 4.77. The molecule has 0 atom stereocenters. The van der Waals surface area contributed by atoms with Gasteiger partial charge in [-0.05, 0) is 43.0 Å². The quantitative estimate of drug-likeness (QED) is 0.645. The van der Waals surface area contributed by atoms with E-state index in [1.165, 1.54) is 5.56 Å². The number of primary amides is 1. The highest BCUT2D eigenvalue weighted by atomic mass is 16.5. The molecule has 140 valence electrons. The van der Waals surface area contributed by atoms with Crippen LogP contribution in [-0.4, -0.2) is 40.1 Å². The summed E-state index contributed by atoms with van der Waals surface area (Å²) in [6.45, 7) is 3.59. The highest BCUT2D eigenvalue weighted by molar-refractivity contribution is 5.98. The van der Waals surface area contributed by atoms with Crippen molar-refractivity contribution in [2.75, 3.05) is 18.5 Å². The smallest absolute Gasteiger partial charge is 0.269 e. The standard InChI is InChI=1S/C20H23N5O2/c1-2-12-3-4-15-13(9-12)10-16(24-15)18-19(20(21)26)22-11-17(25-18)23-14-5-7-27-8-6-14/h3-4,9-11,14,24H,2,5-8H2,1H3,(H2,21,26)(H,23,25). The van der Waals surface area contributed by atoms with Crippen LogP contribution in [-0.2, 0) is 11.2 Å². The average molecular weight is 365 g/mol. The van der Waals surface area contributed by atoms with E-state index in [0.717, 1.165) is 49.1 Å². The van der Waals surface area contributed by atoms with Crippen LogP contribution in [0.25, 0.3) is 22.3 Å². The predicted molar refractivity (Wildman–Crippen MR) is 105 cm³/mol. The molecule has 1 aromatic carbocycles. The summed E-state index contributed by atoms with van der Waals surface area (Å²) in [5.74, 6) is 0.0397. The largest absolute Gasteiger partial charge is 0.381 e. The van der Waals surface area contributed by atoms with Gasteiger partial charge in [0, 0.05) is 30.2 Å². The molecule has 1 fully saturated rings. The molecule has 0 bridgehead atoms. The van der Waals surface area contributed by atoms with Crippen molar-refractivity contribution in [2.24, 2.45) is 5.73 Å². The molecule has 7 nitrogen and oxygen atoms in total. The molecule has 1 aliphatic heterocycles. The van der Waals surface area contributed by atoms with Crippen LogP contribution >= 0.6 is 0 Å². The molecule has 0 unspecified atom stereocenters. The van der Waals surface area contributed by atoms with Gasteiger partial charge in [0.15, 0.2) is 5.69 Å². The summed E-state index contributed by atoms with van der Waals surface area (Å²) in [6.07, 6.45) is 4.37. The molecule has 27 heavy (non-hydrogen) atoms. The zero-order valence-electron chi connectivity index (χ0n) is 15.3. The number of H-pyrrole nitrogens is 1. The number of rotatable bonds is 5. The van der Waals surface area contributed by atoms with Crippen LogP contribution in [0.15, 0.2) is 30.5 Å². The van der Waals surface area contributed by atoms with Crippen LogP contribution in [0.2, 0.25) is 0 Å². The topological polar surface area (TPSA) is 106 Å². The SMILES string of the molecule is CCc1ccc2[nH]c(-c3nc(NC4CCOCC4)cnc3C(N)=O)cc2c1. The van der Waals surface area contributed by atoms with Gasteiger partial charge in [0.25, 0.3) is 5.91 Å². The number of benzene rings is 1. The van der Waals surface area contributed by atoms with Gasteiger partial charge < -0.3 is 20.8 Å². The first kappa shape index (κ1) is 17.5. The van der Waals surface area contributed by atoms with E-state index in [2.05, 4.69) is 39.3 Å². The first-order valence-corrected chi connectivity index (χ1v) is 9.27. The minimum atomic E-state index is -0.594. The molecule has 1 aliphatic rings. The van der Waals surface area contributed by atoms with Crippen LogP contribution < -0.4 is 11.1 Å². The van der Waals surface area contributed by atoms with Gasteiger partial charge in [-0.3, -0.25) is 4.79 Å². The number of aromatic nitrogens is 3. The van der Waals surface area contributed by atoms with Gasteiger partial charge in [-0.15, -0.1) is 0 Å². The fraction of sp³-hybridized carbons (Fsp3) is 0.350. The number of nitrogens with one attached hydrogen (secondary N) is 2. The summed E-state index contributed by atoms with van der Waals surface area (Å²) >= 11 is 0. The van der Waals surface area contributed by atoms with Crippen molar-refractivity contribution in [2.45, 2.75) is 32.2 Å². The van der Waals surface area contributed by atoms with Crippen LogP contribution in [0.1, 0.15) is 35.8 Å². The maximum absolute atomic E-state index is 11.9. The minimum Gasteiger partial charge on any atom is -0.381 e. The van der Waals surface area contributed by atoms with E-state index >= 15 is 0 Å². The van der Waals surface area contributed by atoms with Crippen molar-refractivity contribution in [3.63, 3.8) is 0 Å². The van der Waals surface area contributed by atoms with Crippen molar-refractivity contribution < 1.29 is 9.53 Å². The Morgan fingerprint density at radius 2 is 2.15 bits per heavy atom. The van der Waals surface area contributed by atoms with E-state index in [0.29, 0.717) is 11.5 Å². The zero-order valence-corrected chi connectivity index (χ0v) is 15.3. The Morgan fingerprint density at radius 3 is 2.89 bits per heavy atom. The van der Waals surface area contributed by atoms with Gasteiger partial charge in [-0.1, -0.05) is 13.0 Å². The highest BCUT2D eigenvalue weighted by Gasteiger charge is 2.19. The van der Waals surface area contributed by atoms with Crippen LogP contribution in [0.5, 0.6) is 0 Å². The average Bonchev–Trinajstić information content (AvgIpc) is 3.11. The number of fused-ring (bicyclic) bond motifs is 1. The number of ether oxygens (including phenoxy) is 1. The summed E-state index contributed by atoms with van der Waals surface area (Å²) in [5, 5.41) is 4.46. The second-order valence-electron chi connectivity index (χ2n) is 6.81. The molecule has 3 heterocycles. The van der Waals surface area contributed by atoms with E-state index in [9.17, 15) is 4.79 Å². The van der Waals surface area contributed by atoms with Crippen molar-refractivity contribution >= 4 is 22.6 Å². The van der Waals surface area contributed by atoms with E-state index in [-0.39, 0.29) is 11.7 Å². The van der Waals surface area contributed by atoms with E-state index in [1.54, 1.807) is 6.20 Å². The molecule has 1 saturated heterocycles. The number of nitrogens with two attached hydrogens (primary N) is 1. The maximum atomic E-state index is 11.9. The third-order valence-electron chi connectivity index (χ3n) is 4.93. The third-order valence-corrected chi connectivity index (χ3v) is 4.93. The van der Waals surface area contributed by atoms with Gasteiger partial charge >= 0.3 is 0 Å². The molecular weight excluding hydrogens is 342 g/mol. The zero-order chi connectivity index (χ0) is 18.8. The number of aryl methyl sites for hydroxylation is 1. The van der Waals surface area contributed by atoms with Gasteiger partial charge in [-0.25, -0.2) is 9.97 Å². The Balaban J connectivity index is 1.72. The lowest BCUT2D eigenvalue weighted by Gasteiger charge is -2.23. The molecule has 0 aliphatic carbocycles. The summed E-state index contributed by atoms with van der Waals surface area (Å²) < 4.78 is 5.39. The van der Waals surface area contributed by atoms with Gasteiger partial charge in [-0.2, -0.15) is 0 Å². The van der Waals surface area contributed by atoms with Crippen molar-refractivity contribution in [1.29, 1.82) is 0 Å². The molecule has 3 aromatic rings. The van der Waals surface area contributed by atoms with Crippen LogP contribution in [0, 0.1) is 0 Å². The Labute approximate surface area is 157 Å². The van der Waals surface area contributed by atoms with Gasteiger partial charge in [0.2, 0.25) is 0 Å². The van der Waals surface area contributed by atoms with Gasteiger partial charge in [0.1, 0.15) is 11.5 Å². The Bertz CT molecular complexity index is 976. The highest BCUT2D eigenvalue weighted by Crippen LogP contribution is 2.27. The Morgan fingerprint density at radius 1 is 1.33 bits per heavy atom. The lowest BCUT2D eigenvalue weighted by molar-refractivity contribution is 0.0904. The summed E-state index contributed by atoms with van der Waals surface area (Å²) in [4.78, 5) is 24.1. The van der Waals surface area contributed by atoms with E-state index in [1.807, 2.05) is 12.1 Å². The monoisotopic (exact) mass is 365 g/mol. The molecule has 0 spiro atoms. The summed E-state index contributed by atoms with van der Waals surface area (Å²) in [6, 6.07) is 8.54. The fourth-order valence-electron chi connectivity index (χ4n) is 3.41. The normalized spacial score (nSPS) is 15.1. The summed E-state index contributed by atoms with van der Waals surface area (Å²) in [7, 11) is 0. The molecule has 2 aromatic heterocycles. The number of carbonyl (C=O) groups is 1. The lowest BCUT2D eigenvalue weighted by Crippen LogP contribution is -2.28. The molecule has 4 rings (SSSR count).